The second kappa shape index (κ2) is 15.9. The number of carboxylic acids is 1. The van der Waals surface area contributed by atoms with E-state index in [1.807, 2.05) is 30.3 Å². The molecule has 1 aromatic heterocycles. The summed E-state index contributed by atoms with van der Waals surface area (Å²) in [4.78, 5) is 70.7. The highest BCUT2D eigenvalue weighted by Gasteiger charge is 2.39. The molecule has 0 bridgehead atoms. The molecule has 5 rings (SSSR count). The Bertz CT molecular complexity index is 1790. The van der Waals surface area contributed by atoms with Crippen molar-refractivity contribution in [2.75, 3.05) is 13.1 Å². The SMILES string of the molecule is NCC(=O)N[C@H](Cc1ccc(O)cc1)C(=O)N1CCC[C@@H]1C(=O)N[C@H](Cc1c[nH]c2ccccc12)C(=O)N[C@H](Cc1ccccc1)C(=O)O. The molecule has 1 aliphatic rings. The zero-order chi connectivity index (χ0) is 34.9. The van der Waals surface area contributed by atoms with Crippen molar-refractivity contribution in [1.82, 2.24) is 25.8 Å². The molecule has 0 aliphatic carbocycles. The zero-order valence-corrected chi connectivity index (χ0v) is 26.8. The van der Waals surface area contributed by atoms with Gasteiger partial charge in [0.2, 0.25) is 23.6 Å². The summed E-state index contributed by atoms with van der Waals surface area (Å²) in [6.45, 7) is -0.0888. The molecule has 4 amide bonds. The third-order valence-corrected chi connectivity index (χ3v) is 8.66. The molecular formula is C36H40N6O7. The molecule has 4 aromatic rings. The van der Waals surface area contributed by atoms with Crippen LogP contribution in [0.25, 0.3) is 10.9 Å². The number of nitrogens with two attached hydrogens (primary N) is 1. The number of benzene rings is 3. The smallest absolute Gasteiger partial charge is 0.326 e. The van der Waals surface area contributed by atoms with E-state index in [1.54, 1.807) is 42.6 Å². The Labute approximate surface area is 282 Å². The quantitative estimate of drug-likeness (QED) is 0.104. The molecule has 0 spiro atoms. The van der Waals surface area contributed by atoms with Crippen LogP contribution < -0.4 is 21.7 Å². The van der Waals surface area contributed by atoms with Crippen molar-refractivity contribution >= 4 is 40.5 Å². The second-order valence-electron chi connectivity index (χ2n) is 12.1. The Morgan fingerprint density at radius 3 is 2.20 bits per heavy atom. The van der Waals surface area contributed by atoms with Gasteiger partial charge in [0, 0.05) is 42.9 Å². The van der Waals surface area contributed by atoms with Gasteiger partial charge in [-0.2, -0.15) is 0 Å². The maximum atomic E-state index is 13.9. The largest absolute Gasteiger partial charge is 0.508 e. The lowest BCUT2D eigenvalue weighted by molar-refractivity contribution is -0.143. The first-order valence-electron chi connectivity index (χ1n) is 16.1. The number of phenolic OH excluding ortho intramolecular Hbond substituents is 1. The number of aliphatic carboxylic acids is 1. The molecule has 0 radical (unpaired) electrons. The van der Waals surface area contributed by atoms with Gasteiger partial charge in [0.1, 0.15) is 29.9 Å². The molecule has 13 heteroatoms. The van der Waals surface area contributed by atoms with Gasteiger partial charge in [-0.1, -0.05) is 60.7 Å². The molecule has 13 nitrogen and oxygen atoms in total. The number of carbonyl (C=O) groups is 5. The van der Waals surface area contributed by atoms with Crippen LogP contribution >= 0.6 is 0 Å². The number of aromatic nitrogens is 1. The highest BCUT2D eigenvalue weighted by Crippen LogP contribution is 2.23. The van der Waals surface area contributed by atoms with Gasteiger partial charge in [-0.25, -0.2) is 4.79 Å². The Morgan fingerprint density at radius 1 is 0.816 bits per heavy atom. The number of aromatic amines is 1. The maximum absolute atomic E-state index is 13.9. The van der Waals surface area contributed by atoms with Crippen LogP contribution in [0.3, 0.4) is 0 Å². The van der Waals surface area contributed by atoms with Crippen LogP contribution in [0.4, 0.5) is 0 Å². The number of rotatable bonds is 14. The molecule has 1 saturated heterocycles. The van der Waals surface area contributed by atoms with Gasteiger partial charge in [-0.05, 0) is 47.7 Å². The molecule has 49 heavy (non-hydrogen) atoms. The van der Waals surface area contributed by atoms with Crippen molar-refractivity contribution in [2.45, 2.75) is 56.3 Å². The lowest BCUT2D eigenvalue weighted by Gasteiger charge is -2.30. The zero-order valence-electron chi connectivity index (χ0n) is 26.8. The molecule has 1 fully saturated rings. The number of H-pyrrole nitrogens is 1. The number of nitrogens with zero attached hydrogens (tertiary/aromatic N) is 1. The lowest BCUT2D eigenvalue weighted by atomic mass is 10.0. The highest BCUT2D eigenvalue weighted by molar-refractivity contribution is 5.96. The van der Waals surface area contributed by atoms with Crippen LogP contribution in [-0.2, 0) is 43.2 Å². The van der Waals surface area contributed by atoms with Crippen LogP contribution in [0.5, 0.6) is 5.75 Å². The minimum atomic E-state index is -1.26. The van der Waals surface area contributed by atoms with Gasteiger partial charge in [0.15, 0.2) is 0 Å². The molecule has 256 valence electrons. The van der Waals surface area contributed by atoms with Crippen LogP contribution in [0, 0.1) is 0 Å². The maximum Gasteiger partial charge on any atom is 0.326 e. The Hall–Kier alpha value is -5.69. The number of aromatic hydroxyl groups is 1. The predicted molar refractivity (Wildman–Crippen MR) is 181 cm³/mol. The van der Waals surface area contributed by atoms with Gasteiger partial charge in [-0.3, -0.25) is 19.2 Å². The first-order valence-corrected chi connectivity index (χ1v) is 16.1. The summed E-state index contributed by atoms with van der Waals surface area (Å²) in [6, 6.07) is 18.2. The van der Waals surface area contributed by atoms with Crippen LogP contribution in [0.2, 0.25) is 0 Å². The first-order chi connectivity index (χ1) is 23.6. The van der Waals surface area contributed by atoms with Gasteiger partial charge in [0.05, 0.1) is 6.54 Å². The Kier molecular flexibility index (Phi) is 11.3. The number of para-hydroxylation sites is 1. The van der Waals surface area contributed by atoms with Crippen LogP contribution in [0.1, 0.15) is 29.5 Å². The fourth-order valence-corrected chi connectivity index (χ4v) is 6.14. The van der Waals surface area contributed by atoms with Crippen molar-refractivity contribution in [1.29, 1.82) is 0 Å². The fourth-order valence-electron chi connectivity index (χ4n) is 6.14. The molecule has 3 aromatic carbocycles. The topological polar surface area (TPSA) is 207 Å². The van der Waals surface area contributed by atoms with Gasteiger partial charge < -0.3 is 41.8 Å². The summed E-state index contributed by atoms with van der Waals surface area (Å²) in [6.07, 6.45) is 2.77. The monoisotopic (exact) mass is 668 g/mol. The molecule has 1 aliphatic heterocycles. The minimum Gasteiger partial charge on any atom is -0.508 e. The van der Waals surface area contributed by atoms with Crippen LogP contribution in [-0.4, -0.2) is 87.0 Å². The van der Waals surface area contributed by atoms with E-state index in [-0.39, 0.29) is 38.1 Å². The number of hydrogen-bond donors (Lipinski definition) is 7. The van der Waals surface area contributed by atoms with Crippen molar-refractivity contribution in [2.24, 2.45) is 5.73 Å². The number of phenols is 1. The van der Waals surface area contributed by atoms with E-state index in [1.165, 1.54) is 17.0 Å². The van der Waals surface area contributed by atoms with E-state index >= 15 is 0 Å². The normalized spacial score (nSPS) is 16.0. The van der Waals surface area contributed by atoms with Crippen molar-refractivity contribution in [3.63, 3.8) is 0 Å². The third-order valence-electron chi connectivity index (χ3n) is 8.66. The van der Waals surface area contributed by atoms with Crippen molar-refractivity contribution in [3.8, 4) is 5.75 Å². The number of amides is 4. The number of nitrogens with one attached hydrogen (secondary N) is 4. The summed E-state index contributed by atoms with van der Waals surface area (Å²) in [5, 5.41) is 28.6. The van der Waals surface area contributed by atoms with Gasteiger partial charge >= 0.3 is 5.97 Å². The number of carboxylic acid groups (broad SMARTS) is 1. The van der Waals surface area contributed by atoms with E-state index in [4.69, 9.17) is 5.73 Å². The average Bonchev–Trinajstić information content (AvgIpc) is 3.76. The second-order valence-corrected chi connectivity index (χ2v) is 12.1. The number of fused-ring (bicyclic) bond motifs is 1. The van der Waals surface area contributed by atoms with E-state index in [2.05, 4.69) is 20.9 Å². The molecule has 8 N–H and O–H groups in total. The summed E-state index contributed by atoms with van der Waals surface area (Å²) in [7, 11) is 0. The summed E-state index contributed by atoms with van der Waals surface area (Å²) in [5.41, 5.74) is 8.49. The standard InChI is InChI=1S/C36H40N6O7/c37-20-32(44)39-29(17-23-12-14-25(43)15-13-23)35(47)42-16-6-11-31(42)34(46)40-28(19-24-21-38-27-10-5-4-9-26(24)27)33(45)41-30(36(48)49)18-22-7-2-1-3-8-22/h1-5,7-10,12-15,21,28-31,38,43H,6,11,16-20,37H2,(H,39,44)(H,40,46)(H,41,45)(H,48,49)/t28-,29-,30-,31-/m1/s1. The summed E-state index contributed by atoms with van der Waals surface area (Å²) in [5.74, 6) is -3.46. The number of hydrogen-bond acceptors (Lipinski definition) is 7. The van der Waals surface area contributed by atoms with E-state index < -0.39 is 53.8 Å². The van der Waals surface area contributed by atoms with E-state index in [0.717, 1.165) is 22.0 Å². The minimum absolute atomic E-state index is 0.0392. The summed E-state index contributed by atoms with van der Waals surface area (Å²) < 4.78 is 0. The fraction of sp³-hybridized carbons (Fsp3) is 0.306. The first kappa shape index (κ1) is 34.6. The molecule has 0 saturated carbocycles. The third kappa shape index (κ3) is 8.82. The Balaban J connectivity index is 1.37. The molecule has 0 unspecified atom stereocenters. The van der Waals surface area contributed by atoms with Crippen LogP contribution in [0.15, 0.2) is 85.1 Å². The van der Waals surface area contributed by atoms with Crippen molar-refractivity contribution < 1.29 is 34.2 Å². The van der Waals surface area contributed by atoms with Gasteiger partial charge in [-0.15, -0.1) is 0 Å². The van der Waals surface area contributed by atoms with E-state index in [0.29, 0.717) is 18.4 Å². The molecule has 4 atom stereocenters. The van der Waals surface area contributed by atoms with E-state index in [9.17, 15) is 34.2 Å². The Morgan fingerprint density at radius 2 is 1.49 bits per heavy atom. The lowest BCUT2D eigenvalue weighted by Crippen LogP contribution is -2.58. The molecular weight excluding hydrogens is 628 g/mol. The number of carbonyl (C=O) groups excluding carboxylic acids is 4. The molecule has 2 heterocycles. The summed E-state index contributed by atoms with van der Waals surface area (Å²) >= 11 is 0. The van der Waals surface area contributed by atoms with Crippen molar-refractivity contribution in [3.05, 3.63) is 102 Å². The predicted octanol–water partition coefficient (Wildman–Crippen LogP) is 1.39. The van der Waals surface area contributed by atoms with Gasteiger partial charge in [0.25, 0.3) is 0 Å². The highest BCUT2D eigenvalue weighted by atomic mass is 16.4. The average molecular weight is 669 g/mol. The number of likely N-dealkylation sites (tertiary alicyclic amines) is 1.